The summed E-state index contributed by atoms with van der Waals surface area (Å²) in [6.45, 7) is 9.58. The van der Waals surface area contributed by atoms with Gasteiger partial charge in [-0.15, -0.1) is 0 Å². The smallest absolute Gasteiger partial charge is 0.400 e. The number of carbonyl (C=O) groups is 1. The Bertz CT molecular complexity index is 734. The third kappa shape index (κ3) is 4.22. The number of nitriles is 1. The van der Waals surface area contributed by atoms with Crippen molar-refractivity contribution in [3.63, 3.8) is 0 Å². The molecular formula is C18H24BN3O3. The van der Waals surface area contributed by atoms with E-state index in [1.807, 2.05) is 33.8 Å². The van der Waals surface area contributed by atoms with E-state index in [4.69, 9.17) is 20.3 Å². The van der Waals surface area contributed by atoms with E-state index < -0.39 is 18.3 Å². The number of nitrogens with one attached hydrogen (secondary N) is 1. The first-order valence-electron chi connectivity index (χ1n) is 8.16. The molecule has 0 saturated carbocycles. The first kappa shape index (κ1) is 19.0. The van der Waals surface area contributed by atoms with Gasteiger partial charge in [-0.05, 0) is 56.9 Å². The lowest BCUT2D eigenvalue weighted by atomic mass is 9.76. The fourth-order valence-electron chi connectivity index (χ4n) is 2.39. The summed E-state index contributed by atoms with van der Waals surface area (Å²) in [5, 5.41) is 11.9. The maximum absolute atomic E-state index is 11.3. The van der Waals surface area contributed by atoms with Crippen LogP contribution >= 0.6 is 0 Å². The fraction of sp³-hybridized carbons (Fsp3) is 0.444. The minimum atomic E-state index is -0.609. The van der Waals surface area contributed by atoms with Gasteiger partial charge in [-0.3, -0.25) is 4.79 Å². The van der Waals surface area contributed by atoms with Crippen molar-refractivity contribution in [3.05, 3.63) is 34.8 Å². The molecule has 7 heteroatoms. The van der Waals surface area contributed by atoms with Gasteiger partial charge >= 0.3 is 7.12 Å². The Labute approximate surface area is 149 Å². The molecule has 0 atom stereocenters. The third-order valence-electron chi connectivity index (χ3n) is 4.65. The molecule has 0 spiro atoms. The van der Waals surface area contributed by atoms with Crippen LogP contribution in [0.5, 0.6) is 0 Å². The monoisotopic (exact) mass is 341 g/mol. The zero-order valence-electron chi connectivity index (χ0n) is 15.3. The van der Waals surface area contributed by atoms with Crippen molar-refractivity contribution in [1.82, 2.24) is 5.32 Å². The Morgan fingerprint density at radius 1 is 1.32 bits per heavy atom. The third-order valence-corrected chi connectivity index (χ3v) is 4.65. The van der Waals surface area contributed by atoms with Crippen LogP contribution in [0, 0.1) is 11.3 Å². The number of nitrogens with zero attached hydrogens (tertiary/aromatic N) is 1. The van der Waals surface area contributed by atoms with Gasteiger partial charge in [0.25, 0.3) is 0 Å². The van der Waals surface area contributed by atoms with Gasteiger partial charge in [0.05, 0.1) is 22.8 Å². The average molecular weight is 341 g/mol. The van der Waals surface area contributed by atoms with Crippen LogP contribution in [0.3, 0.4) is 0 Å². The summed E-state index contributed by atoms with van der Waals surface area (Å²) in [6, 6.07) is 7.15. The Hall–Kier alpha value is -2.30. The molecule has 1 heterocycles. The van der Waals surface area contributed by atoms with Crippen molar-refractivity contribution in [2.75, 3.05) is 12.3 Å². The molecule has 1 saturated heterocycles. The van der Waals surface area contributed by atoms with E-state index in [-0.39, 0.29) is 12.5 Å². The van der Waals surface area contributed by atoms with E-state index >= 15 is 0 Å². The molecule has 132 valence electrons. The zero-order valence-corrected chi connectivity index (χ0v) is 15.3. The molecule has 6 nitrogen and oxygen atoms in total. The average Bonchev–Trinajstić information content (AvgIpc) is 2.73. The lowest BCUT2D eigenvalue weighted by Gasteiger charge is -2.32. The van der Waals surface area contributed by atoms with E-state index in [1.54, 1.807) is 18.2 Å². The molecule has 1 aromatic carbocycles. The van der Waals surface area contributed by atoms with Crippen LogP contribution in [0.2, 0.25) is 0 Å². The molecule has 2 rings (SSSR count). The zero-order chi connectivity index (χ0) is 18.8. The summed E-state index contributed by atoms with van der Waals surface area (Å²) in [6.07, 6.45) is 1.81. The second kappa shape index (κ2) is 6.91. The van der Waals surface area contributed by atoms with Crippen LogP contribution in [0.25, 0.3) is 6.08 Å². The molecule has 0 bridgehead atoms. The van der Waals surface area contributed by atoms with E-state index in [9.17, 15) is 4.79 Å². The second-order valence-corrected chi connectivity index (χ2v) is 7.17. The first-order valence-corrected chi connectivity index (χ1v) is 8.16. The highest BCUT2D eigenvalue weighted by Gasteiger charge is 2.52. The Morgan fingerprint density at radius 2 is 1.92 bits per heavy atom. The van der Waals surface area contributed by atoms with E-state index in [0.29, 0.717) is 16.8 Å². The van der Waals surface area contributed by atoms with Gasteiger partial charge in [0.15, 0.2) is 0 Å². The summed E-state index contributed by atoms with van der Waals surface area (Å²) in [7, 11) is -0.609. The highest BCUT2D eigenvalue weighted by molar-refractivity contribution is 6.56. The molecule has 1 aromatic rings. The second-order valence-electron chi connectivity index (χ2n) is 7.17. The number of rotatable bonds is 4. The molecule has 1 aliphatic rings. The molecule has 0 unspecified atom stereocenters. The lowest BCUT2D eigenvalue weighted by Crippen LogP contribution is -2.41. The van der Waals surface area contributed by atoms with Crippen molar-refractivity contribution < 1.29 is 14.1 Å². The molecule has 0 radical (unpaired) electrons. The predicted octanol–water partition coefficient (Wildman–Crippen LogP) is 2.29. The minimum absolute atomic E-state index is 0.152. The number of hydrogen-bond acceptors (Lipinski definition) is 5. The largest absolute Gasteiger partial charge is 0.492 e. The molecule has 1 fully saturated rings. The van der Waals surface area contributed by atoms with Gasteiger partial charge in [-0.1, -0.05) is 6.08 Å². The van der Waals surface area contributed by atoms with Gasteiger partial charge < -0.3 is 20.4 Å². The molecule has 1 aliphatic heterocycles. The standard InChI is InChI=1S/C18H24BN3O3/c1-12(23)22-11-15(19-24-17(2,3)18(4,5)25-19)9-14-8-13(10-20)6-7-16(14)21/h6-9H,11,21H2,1-5H3,(H,22,23). The Morgan fingerprint density at radius 3 is 2.44 bits per heavy atom. The van der Waals surface area contributed by atoms with Crippen LogP contribution in [-0.4, -0.2) is 30.8 Å². The van der Waals surface area contributed by atoms with Gasteiger partial charge in [-0.2, -0.15) is 5.26 Å². The normalized spacial score (nSPS) is 18.7. The number of amides is 1. The molecule has 25 heavy (non-hydrogen) atoms. The highest BCUT2D eigenvalue weighted by atomic mass is 16.7. The van der Waals surface area contributed by atoms with E-state index in [0.717, 1.165) is 5.47 Å². The summed E-state index contributed by atoms with van der Waals surface area (Å²) >= 11 is 0. The summed E-state index contributed by atoms with van der Waals surface area (Å²) in [4.78, 5) is 11.3. The van der Waals surface area contributed by atoms with Crippen molar-refractivity contribution in [3.8, 4) is 6.07 Å². The number of anilines is 1. The van der Waals surface area contributed by atoms with E-state index in [2.05, 4.69) is 11.4 Å². The van der Waals surface area contributed by atoms with Crippen molar-refractivity contribution in [1.29, 1.82) is 5.26 Å². The van der Waals surface area contributed by atoms with Crippen LogP contribution < -0.4 is 11.1 Å². The lowest BCUT2D eigenvalue weighted by molar-refractivity contribution is -0.118. The fourth-order valence-corrected chi connectivity index (χ4v) is 2.39. The SMILES string of the molecule is CC(=O)NCC(=Cc1cc(C#N)ccc1N)B1OC(C)(C)C(C)(C)O1. The van der Waals surface area contributed by atoms with Gasteiger partial charge in [0, 0.05) is 19.2 Å². The van der Waals surface area contributed by atoms with Crippen molar-refractivity contribution >= 4 is 24.8 Å². The first-order chi connectivity index (χ1) is 11.6. The number of benzene rings is 1. The highest BCUT2D eigenvalue weighted by Crippen LogP contribution is 2.38. The van der Waals surface area contributed by atoms with Crippen LogP contribution in [0.1, 0.15) is 45.7 Å². The Balaban J connectivity index is 2.40. The van der Waals surface area contributed by atoms with Crippen molar-refractivity contribution in [2.24, 2.45) is 0 Å². The predicted molar refractivity (Wildman–Crippen MR) is 98.3 cm³/mol. The number of nitrogens with two attached hydrogens (primary N) is 1. The van der Waals surface area contributed by atoms with Gasteiger partial charge in [0.2, 0.25) is 5.91 Å². The summed E-state index contributed by atoms with van der Waals surface area (Å²) in [5.41, 5.74) is 7.51. The molecule has 3 N–H and O–H groups in total. The maximum Gasteiger partial charge on any atom is 0.492 e. The number of carbonyl (C=O) groups excluding carboxylic acids is 1. The molecular weight excluding hydrogens is 317 g/mol. The maximum atomic E-state index is 11.3. The van der Waals surface area contributed by atoms with E-state index in [1.165, 1.54) is 6.92 Å². The summed E-state index contributed by atoms with van der Waals surface area (Å²) in [5.74, 6) is -0.152. The number of nitrogen functional groups attached to an aromatic ring is 1. The Kier molecular flexibility index (Phi) is 5.26. The minimum Gasteiger partial charge on any atom is -0.400 e. The summed E-state index contributed by atoms with van der Waals surface area (Å²) < 4.78 is 12.2. The van der Waals surface area contributed by atoms with Gasteiger partial charge in [-0.25, -0.2) is 0 Å². The van der Waals surface area contributed by atoms with Crippen LogP contribution in [0.4, 0.5) is 5.69 Å². The van der Waals surface area contributed by atoms with Gasteiger partial charge in [0.1, 0.15) is 0 Å². The topological polar surface area (TPSA) is 97.4 Å². The molecule has 0 aliphatic carbocycles. The quantitative estimate of drug-likeness (QED) is 0.647. The van der Waals surface area contributed by atoms with Crippen LogP contribution in [0.15, 0.2) is 23.7 Å². The molecule has 0 aromatic heterocycles. The molecule has 1 amide bonds. The van der Waals surface area contributed by atoms with Crippen molar-refractivity contribution in [2.45, 2.75) is 45.8 Å². The van der Waals surface area contributed by atoms with Crippen LogP contribution in [-0.2, 0) is 14.1 Å². The number of hydrogen-bond donors (Lipinski definition) is 2.